The van der Waals surface area contributed by atoms with Crippen LogP contribution in [0.25, 0.3) is 0 Å². The molecule has 0 radical (unpaired) electrons. The molecule has 1 amide bonds. The standard InChI is InChI=1S/C13H23NO2/c1-13(2)9-14(8-7-11(13)15)12(16)10-5-3-4-6-10/h10-11,15H,3-9H2,1-2H3. The lowest BCUT2D eigenvalue weighted by molar-refractivity contribution is -0.142. The van der Waals surface area contributed by atoms with E-state index in [4.69, 9.17) is 0 Å². The molecule has 1 aliphatic carbocycles. The maximum Gasteiger partial charge on any atom is 0.225 e. The van der Waals surface area contributed by atoms with E-state index in [-0.39, 0.29) is 17.4 Å². The monoisotopic (exact) mass is 225 g/mol. The summed E-state index contributed by atoms with van der Waals surface area (Å²) >= 11 is 0. The Balaban J connectivity index is 1.97. The van der Waals surface area contributed by atoms with Crippen LogP contribution in [0, 0.1) is 11.3 Å². The van der Waals surface area contributed by atoms with Crippen LogP contribution in [0.3, 0.4) is 0 Å². The van der Waals surface area contributed by atoms with E-state index < -0.39 is 0 Å². The fourth-order valence-electron chi connectivity index (χ4n) is 2.96. The molecule has 92 valence electrons. The van der Waals surface area contributed by atoms with E-state index in [1.54, 1.807) is 0 Å². The lowest BCUT2D eigenvalue weighted by Crippen LogP contribution is -2.51. The van der Waals surface area contributed by atoms with Crippen molar-refractivity contribution in [1.82, 2.24) is 4.90 Å². The van der Waals surface area contributed by atoms with E-state index >= 15 is 0 Å². The Labute approximate surface area is 97.8 Å². The third-order valence-corrected chi connectivity index (χ3v) is 4.19. The van der Waals surface area contributed by atoms with E-state index in [1.807, 2.05) is 18.7 Å². The van der Waals surface area contributed by atoms with Gasteiger partial charge in [0.2, 0.25) is 5.91 Å². The van der Waals surface area contributed by atoms with Gasteiger partial charge in [0.1, 0.15) is 0 Å². The zero-order valence-electron chi connectivity index (χ0n) is 10.4. The van der Waals surface area contributed by atoms with Gasteiger partial charge in [0.05, 0.1) is 6.10 Å². The molecule has 0 aromatic rings. The summed E-state index contributed by atoms with van der Waals surface area (Å²) in [6.45, 7) is 5.54. The molecule has 1 N–H and O–H groups in total. The normalized spacial score (nSPS) is 30.7. The third kappa shape index (κ3) is 2.24. The first-order chi connectivity index (χ1) is 7.50. The Kier molecular flexibility index (Phi) is 3.24. The van der Waals surface area contributed by atoms with Gasteiger partial charge in [-0.2, -0.15) is 0 Å². The van der Waals surface area contributed by atoms with Crippen LogP contribution in [0.1, 0.15) is 46.0 Å². The minimum atomic E-state index is -0.264. The summed E-state index contributed by atoms with van der Waals surface area (Å²) in [6.07, 6.45) is 5.01. The summed E-state index contributed by atoms with van der Waals surface area (Å²) in [4.78, 5) is 14.2. The molecule has 2 rings (SSSR count). The van der Waals surface area contributed by atoms with Crippen molar-refractivity contribution in [3.8, 4) is 0 Å². The van der Waals surface area contributed by atoms with Crippen LogP contribution < -0.4 is 0 Å². The van der Waals surface area contributed by atoms with Crippen LogP contribution in [-0.2, 0) is 4.79 Å². The number of aliphatic hydroxyl groups excluding tert-OH is 1. The Hall–Kier alpha value is -0.570. The van der Waals surface area contributed by atoms with Gasteiger partial charge in [-0.3, -0.25) is 4.79 Å². The second-order valence-corrected chi connectivity index (χ2v) is 6.03. The highest BCUT2D eigenvalue weighted by atomic mass is 16.3. The molecule has 2 fully saturated rings. The highest BCUT2D eigenvalue weighted by Gasteiger charge is 2.38. The van der Waals surface area contributed by atoms with Crippen molar-refractivity contribution in [3.63, 3.8) is 0 Å². The first kappa shape index (κ1) is 11.9. The van der Waals surface area contributed by atoms with E-state index in [2.05, 4.69) is 0 Å². The van der Waals surface area contributed by atoms with Gasteiger partial charge in [0.15, 0.2) is 0 Å². The van der Waals surface area contributed by atoms with Crippen LogP contribution in [0.5, 0.6) is 0 Å². The average Bonchev–Trinajstić information content (AvgIpc) is 2.74. The molecule has 1 saturated heterocycles. The number of amides is 1. The van der Waals surface area contributed by atoms with Crippen molar-refractivity contribution >= 4 is 5.91 Å². The minimum absolute atomic E-state index is 0.146. The summed E-state index contributed by atoms with van der Waals surface area (Å²) in [5.74, 6) is 0.600. The van der Waals surface area contributed by atoms with Crippen molar-refractivity contribution in [2.45, 2.75) is 52.1 Å². The molecule has 0 spiro atoms. The third-order valence-electron chi connectivity index (χ3n) is 4.19. The Morgan fingerprint density at radius 2 is 1.88 bits per heavy atom. The molecule has 1 saturated carbocycles. The smallest absolute Gasteiger partial charge is 0.225 e. The Morgan fingerprint density at radius 3 is 2.44 bits per heavy atom. The number of carbonyl (C=O) groups is 1. The maximum absolute atomic E-state index is 12.2. The zero-order valence-corrected chi connectivity index (χ0v) is 10.4. The summed E-state index contributed by atoms with van der Waals surface area (Å²) < 4.78 is 0. The highest BCUT2D eigenvalue weighted by molar-refractivity contribution is 5.79. The molecule has 0 bridgehead atoms. The summed E-state index contributed by atoms with van der Waals surface area (Å²) in [6, 6.07) is 0. The topological polar surface area (TPSA) is 40.5 Å². The van der Waals surface area contributed by atoms with Crippen LogP contribution in [0.2, 0.25) is 0 Å². The molecule has 3 heteroatoms. The van der Waals surface area contributed by atoms with Gasteiger partial charge in [0.25, 0.3) is 0 Å². The second-order valence-electron chi connectivity index (χ2n) is 6.03. The van der Waals surface area contributed by atoms with Crippen molar-refractivity contribution in [2.24, 2.45) is 11.3 Å². The Bertz CT molecular complexity index is 269. The number of carbonyl (C=O) groups excluding carboxylic acids is 1. The number of rotatable bonds is 1. The first-order valence-electron chi connectivity index (χ1n) is 6.47. The predicted octanol–water partition coefficient (Wildman–Crippen LogP) is 1.80. The molecule has 16 heavy (non-hydrogen) atoms. The van der Waals surface area contributed by atoms with Gasteiger partial charge >= 0.3 is 0 Å². The fraction of sp³-hybridized carbons (Fsp3) is 0.923. The summed E-state index contributed by atoms with van der Waals surface area (Å²) in [7, 11) is 0. The van der Waals surface area contributed by atoms with Gasteiger partial charge < -0.3 is 10.0 Å². The van der Waals surface area contributed by atoms with Crippen LogP contribution in [0.4, 0.5) is 0 Å². The SMILES string of the molecule is CC1(C)CN(C(=O)C2CCCC2)CCC1O. The number of nitrogens with zero attached hydrogens (tertiary/aromatic N) is 1. The second kappa shape index (κ2) is 4.36. The number of aliphatic hydroxyl groups is 1. The fourth-order valence-corrected chi connectivity index (χ4v) is 2.96. The molecular formula is C13H23NO2. The van der Waals surface area contributed by atoms with Crippen LogP contribution in [0.15, 0.2) is 0 Å². The molecule has 0 aromatic heterocycles. The number of likely N-dealkylation sites (tertiary alicyclic amines) is 1. The number of hydrogen-bond donors (Lipinski definition) is 1. The molecule has 1 aliphatic heterocycles. The van der Waals surface area contributed by atoms with Crippen molar-refractivity contribution in [2.75, 3.05) is 13.1 Å². The molecule has 1 atom stereocenters. The highest BCUT2D eigenvalue weighted by Crippen LogP contribution is 2.32. The van der Waals surface area contributed by atoms with Gasteiger partial charge in [-0.25, -0.2) is 0 Å². The minimum Gasteiger partial charge on any atom is -0.392 e. The average molecular weight is 225 g/mol. The van der Waals surface area contributed by atoms with Crippen molar-refractivity contribution in [3.05, 3.63) is 0 Å². The largest absolute Gasteiger partial charge is 0.392 e. The van der Waals surface area contributed by atoms with Crippen LogP contribution in [-0.4, -0.2) is 35.1 Å². The molecule has 1 unspecified atom stereocenters. The molecular weight excluding hydrogens is 202 g/mol. The van der Waals surface area contributed by atoms with Crippen molar-refractivity contribution < 1.29 is 9.90 Å². The van der Waals surface area contributed by atoms with Crippen molar-refractivity contribution in [1.29, 1.82) is 0 Å². The van der Waals surface area contributed by atoms with E-state index in [0.717, 1.165) is 25.8 Å². The lowest BCUT2D eigenvalue weighted by atomic mass is 9.81. The van der Waals surface area contributed by atoms with Gasteiger partial charge in [0, 0.05) is 24.4 Å². The molecule has 3 nitrogen and oxygen atoms in total. The van der Waals surface area contributed by atoms with E-state index in [0.29, 0.717) is 12.5 Å². The van der Waals surface area contributed by atoms with Gasteiger partial charge in [-0.05, 0) is 19.3 Å². The maximum atomic E-state index is 12.2. The van der Waals surface area contributed by atoms with E-state index in [9.17, 15) is 9.90 Å². The summed E-state index contributed by atoms with van der Waals surface area (Å²) in [5, 5.41) is 9.86. The molecule has 0 aromatic carbocycles. The first-order valence-corrected chi connectivity index (χ1v) is 6.47. The van der Waals surface area contributed by atoms with E-state index in [1.165, 1.54) is 12.8 Å². The quantitative estimate of drug-likeness (QED) is 0.739. The van der Waals surface area contributed by atoms with Crippen LogP contribution >= 0.6 is 0 Å². The number of hydrogen-bond acceptors (Lipinski definition) is 2. The zero-order chi connectivity index (χ0) is 11.8. The Morgan fingerprint density at radius 1 is 1.25 bits per heavy atom. The molecule has 2 aliphatic rings. The molecule has 1 heterocycles. The van der Waals surface area contributed by atoms with Gasteiger partial charge in [-0.1, -0.05) is 26.7 Å². The number of piperidine rings is 1. The lowest BCUT2D eigenvalue weighted by Gasteiger charge is -2.42. The summed E-state index contributed by atoms with van der Waals surface area (Å²) in [5.41, 5.74) is -0.146. The predicted molar refractivity (Wildman–Crippen MR) is 62.9 cm³/mol. The van der Waals surface area contributed by atoms with Gasteiger partial charge in [-0.15, -0.1) is 0 Å².